The summed E-state index contributed by atoms with van der Waals surface area (Å²) in [7, 11) is 0. The number of carbonyl (C=O) groups excluding carboxylic acids is 2. The molecule has 7 heteroatoms. The lowest BCUT2D eigenvalue weighted by Crippen LogP contribution is -2.36. The lowest BCUT2D eigenvalue weighted by molar-refractivity contribution is 0.0938. The second-order valence-electron chi connectivity index (χ2n) is 8.36. The molecule has 178 valence electrons. The van der Waals surface area contributed by atoms with Crippen LogP contribution in [0.3, 0.4) is 0 Å². The van der Waals surface area contributed by atoms with E-state index in [1.54, 1.807) is 4.57 Å². The molecule has 0 unspecified atom stereocenters. The van der Waals surface area contributed by atoms with E-state index in [9.17, 15) is 14.4 Å². The van der Waals surface area contributed by atoms with Crippen molar-refractivity contribution in [3.63, 3.8) is 0 Å². The van der Waals surface area contributed by atoms with Crippen molar-refractivity contribution in [3.05, 3.63) is 118 Å². The SMILES string of the molecule is C=CCNC(=O)c1cn(Cc2ccc(C)o2)cc(C(=O)N[C@@H](C)c2cccc3ccccc23)c1=O. The van der Waals surface area contributed by atoms with Gasteiger partial charge < -0.3 is 19.6 Å². The smallest absolute Gasteiger partial charge is 0.257 e. The van der Waals surface area contributed by atoms with Gasteiger partial charge in [-0.25, -0.2) is 0 Å². The summed E-state index contributed by atoms with van der Waals surface area (Å²) in [5.41, 5.74) is 0.0518. The molecule has 2 aromatic heterocycles. The van der Waals surface area contributed by atoms with Crippen LogP contribution in [0.4, 0.5) is 0 Å². The molecule has 0 spiro atoms. The quantitative estimate of drug-likeness (QED) is 0.375. The molecule has 7 nitrogen and oxygen atoms in total. The minimum absolute atomic E-state index is 0.119. The van der Waals surface area contributed by atoms with Crippen LogP contribution in [0.15, 0.2) is 88.9 Å². The minimum Gasteiger partial charge on any atom is -0.464 e. The van der Waals surface area contributed by atoms with Gasteiger partial charge in [-0.05, 0) is 42.3 Å². The highest BCUT2D eigenvalue weighted by Gasteiger charge is 2.21. The van der Waals surface area contributed by atoms with Crippen LogP contribution in [0, 0.1) is 6.92 Å². The molecule has 2 heterocycles. The van der Waals surface area contributed by atoms with Crippen molar-refractivity contribution in [3.8, 4) is 0 Å². The summed E-state index contributed by atoms with van der Waals surface area (Å²) in [4.78, 5) is 39.1. The number of carbonyl (C=O) groups is 2. The van der Waals surface area contributed by atoms with E-state index in [4.69, 9.17) is 4.42 Å². The van der Waals surface area contributed by atoms with Crippen molar-refractivity contribution in [2.75, 3.05) is 6.54 Å². The average Bonchev–Trinajstić information content (AvgIpc) is 3.27. The summed E-state index contributed by atoms with van der Waals surface area (Å²) in [6.45, 7) is 7.73. The third kappa shape index (κ3) is 5.24. The van der Waals surface area contributed by atoms with Crippen LogP contribution >= 0.6 is 0 Å². The molecule has 0 fully saturated rings. The molecule has 0 radical (unpaired) electrons. The summed E-state index contributed by atoms with van der Waals surface area (Å²) in [5, 5.41) is 7.62. The van der Waals surface area contributed by atoms with Crippen LogP contribution in [0.5, 0.6) is 0 Å². The van der Waals surface area contributed by atoms with Crippen LogP contribution in [0.2, 0.25) is 0 Å². The number of benzene rings is 2. The second kappa shape index (κ2) is 10.3. The first-order valence-corrected chi connectivity index (χ1v) is 11.3. The Balaban J connectivity index is 1.68. The number of aromatic nitrogens is 1. The maximum absolute atomic E-state index is 13.3. The van der Waals surface area contributed by atoms with Crippen molar-refractivity contribution in [1.29, 1.82) is 0 Å². The lowest BCUT2D eigenvalue weighted by atomic mass is 9.99. The monoisotopic (exact) mass is 469 g/mol. The zero-order chi connectivity index (χ0) is 24.9. The van der Waals surface area contributed by atoms with Crippen LogP contribution in [-0.4, -0.2) is 22.9 Å². The normalized spacial score (nSPS) is 11.7. The lowest BCUT2D eigenvalue weighted by Gasteiger charge is -2.17. The fourth-order valence-electron chi connectivity index (χ4n) is 4.04. The van der Waals surface area contributed by atoms with Gasteiger partial charge in [0.05, 0.1) is 12.6 Å². The van der Waals surface area contributed by atoms with Crippen LogP contribution in [-0.2, 0) is 6.54 Å². The number of furan rings is 1. The maximum atomic E-state index is 13.3. The van der Waals surface area contributed by atoms with Gasteiger partial charge in [-0.2, -0.15) is 0 Å². The van der Waals surface area contributed by atoms with E-state index in [1.807, 2.05) is 68.4 Å². The first kappa shape index (κ1) is 23.8. The maximum Gasteiger partial charge on any atom is 0.257 e. The molecule has 0 saturated heterocycles. The summed E-state index contributed by atoms with van der Waals surface area (Å²) in [6.07, 6.45) is 4.41. The zero-order valence-electron chi connectivity index (χ0n) is 19.7. The summed E-state index contributed by atoms with van der Waals surface area (Å²) < 4.78 is 7.24. The molecule has 2 amide bonds. The van der Waals surface area contributed by atoms with E-state index >= 15 is 0 Å². The van der Waals surface area contributed by atoms with E-state index in [1.165, 1.54) is 18.5 Å². The van der Waals surface area contributed by atoms with Crippen LogP contribution in [0.25, 0.3) is 10.8 Å². The number of nitrogens with zero attached hydrogens (tertiary/aromatic N) is 1. The molecule has 0 aliphatic heterocycles. The summed E-state index contributed by atoms with van der Waals surface area (Å²) >= 11 is 0. The Kier molecular flexibility index (Phi) is 6.96. The number of hydrogen-bond donors (Lipinski definition) is 2. The highest BCUT2D eigenvalue weighted by molar-refractivity contribution is 5.99. The Labute approximate surface area is 203 Å². The number of nitrogens with one attached hydrogen (secondary N) is 2. The number of hydrogen-bond acceptors (Lipinski definition) is 4. The first-order valence-electron chi connectivity index (χ1n) is 11.3. The molecule has 4 rings (SSSR count). The molecule has 2 aromatic carbocycles. The molecule has 35 heavy (non-hydrogen) atoms. The predicted molar refractivity (Wildman–Crippen MR) is 136 cm³/mol. The number of rotatable bonds is 8. The largest absolute Gasteiger partial charge is 0.464 e. The van der Waals surface area contributed by atoms with Gasteiger partial charge in [0, 0.05) is 18.9 Å². The van der Waals surface area contributed by atoms with E-state index in [2.05, 4.69) is 17.2 Å². The van der Waals surface area contributed by atoms with Crippen molar-refractivity contribution in [2.45, 2.75) is 26.4 Å². The Hall–Kier alpha value is -4.39. The Morgan fingerprint density at radius 1 is 1.03 bits per heavy atom. The fraction of sp³-hybridized carbons (Fsp3) is 0.179. The van der Waals surface area contributed by atoms with Gasteiger partial charge >= 0.3 is 0 Å². The van der Waals surface area contributed by atoms with E-state index in [-0.39, 0.29) is 30.3 Å². The second-order valence-corrected chi connectivity index (χ2v) is 8.36. The Morgan fingerprint density at radius 2 is 1.74 bits per heavy atom. The third-order valence-electron chi connectivity index (χ3n) is 5.75. The molecule has 0 aliphatic carbocycles. The van der Waals surface area contributed by atoms with Gasteiger partial charge in [-0.1, -0.05) is 48.5 Å². The van der Waals surface area contributed by atoms with Gasteiger partial charge in [0.2, 0.25) is 5.43 Å². The number of aryl methyl sites for hydroxylation is 1. The summed E-state index contributed by atoms with van der Waals surface area (Å²) in [5.74, 6) is 0.250. The number of amides is 2. The highest BCUT2D eigenvalue weighted by atomic mass is 16.3. The van der Waals surface area contributed by atoms with E-state index < -0.39 is 17.2 Å². The topological polar surface area (TPSA) is 93.3 Å². The fourth-order valence-corrected chi connectivity index (χ4v) is 4.04. The van der Waals surface area contributed by atoms with Crippen molar-refractivity contribution >= 4 is 22.6 Å². The molecule has 0 bridgehead atoms. The number of pyridine rings is 1. The first-order chi connectivity index (χ1) is 16.9. The molecule has 4 aromatic rings. The van der Waals surface area contributed by atoms with Crippen LogP contribution in [0.1, 0.15) is 50.8 Å². The minimum atomic E-state index is -0.638. The van der Waals surface area contributed by atoms with Gasteiger partial charge in [-0.3, -0.25) is 14.4 Å². The van der Waals surface area contributed by atoms with Crippen LogP contribution < -0.4 is 16.1 Å². The van der Waals surface area contributed by atoms with Crippen molar-refractivity contribution < 1.29 is 14.0 Å². The zero-order valence-corrected chi connectivity index (χ0v) is 19.7. The standard InChI is InChI=1S/C28H27N3O4/c1-4-14-29-27(33)24-16-31(15-21-13-12-18(2)35-21)17-25(26(24)32)28(34)30-19(3)22-11-7-9-20-8-5-6-10-23(20)22/h4-13,16-17,19H,1,14-15H2,2-3H3,(H,29,33)(H,30,34)/t19-/m0/s1. The van der Waals surface area contributed by atoms with Gasteiger partial charge in [-0.15, -0.1) is 6.58 Å². The van der Waals surface area contributed by atoms with Gasteiger partial charge in [0.25, 0.3) is 11.8 Å². The predicted octanol–water partition coefficient (Wildman–Crippen LogP) is 4.36. The van der Waals surface area contributed by atoms with Gasteiger partial charge in [0.15, 0.2) is 0 Å². The molecule has 0 saturated carbocycles. The molecule has 1 atom stereocenters. The Bertz CT molecular complexity index is 1460. The molecule has 2 N–H and O–H groups in total. The number of fused-ring (bicyclic) bond motifs is 1. The Morgan fingerprint density at radius 3 is 2.46 bits per heavy atom. The van der Waals surface area contributed by atoms with E-state index in [0.29, 0.717) is 5.76 Å². The average molecular weight is 470 g/mol. The third-order valence-corrected chi connectivity index (χ3v) is 5.75. The molecular formula is C28H27N3O4. The molecule has 0 aliphatic rings. The highest BCUT2D eigenvalue weighted by Crippen LogP contribution is 2.24. The van der Waals surface area contributed by atoms with Crippen molar-refractivity contribution in [1.82, 2.24) is 15.2 Å². The summed E-state index contributed by atoms with van der Waals surface area (Å²) in [6, 6.07) is 17.1. The van der Waals surface area contributed by atoms with E-state index in [0.717, 1.165) is 22.1 Å². The van der Waals surface area contributed by atoms with Gasteiger partial charge in [0.1, 0.15) is 22.6 Å². The molecular weight excluding hydrogens is 442 g/mol. The van der Waals surface area contributed by atoms with Crippen molar-refractivity contribution in [2.24, 2.45) is 0 Å².